The van der Waals surface area contributed by atoms with Crippen molar-refractivity contribution in [3.05, 3.63) is 10.4 Å². The second kappa shape index (κ2) is 1.99. The average Bonchev–Trinajstić information content (AvgIpc) is 1.55. The molecule has 0 saturated carbocycles. The lowest BCUT2D eigenvalue weighted by atomic mass is 13.0. The van der Waals surface area contributed by atoms with Crippen LogP contribution in [0.2, 0.25) is 0 Å². The summed E-state index contributed by atoms with van der Waals surface area (Å²) in [7, 11) is -0.352. The van der Waals surface area contributed by atoms with Crippen molar-refractivity contribution in [3.8, 4) is 0 Å². The molecule has 0 amide bonds. The van der Waals surface area contributed by atoms with Gasteiger partial charge < -0.3 is 0 Å². The molecule has 0 aliphatic carbocycles. The van der Waals surface area contributed by atoms with E-state index >= 15 is 0 Å². The second-order valence-corrected chi connectivity index (χ2v) is 3.47. The molecular weight excluding hydrogens is 132 g/mol. The highest BCUT2D eigenvalue weighted by molar-refractivity contribution is 7.54. The van der Waals surface area contributed by atoms with E-state index in [1.165, 1.54) is 0 Å². The van der Waals surface area contributed by atoms with Gasteiger partial charge in [0.25, 0.3) is 8.00 Å². The van der Waals surface area contributed by atoms with Crippen LogP contribution < -0.4 is 0 Å². The second-order valence-electron chi connectivity index (χ2n) is 0.792. The fourth-order valence-electron chi connectivity index (χ4n) is 0.175. The average molecular weight is 134 g/mol. The third-order valence-electron chi connectivity index (χ3n) is 0.419. The van der Waals surface area contributed by atoms with Crippen LogP contribution >= 0.6 is 16.5 Å². The van der Waals surface area contributed by atoms with Crippen molar-refractivity contribution >= 4 is 16.5 Å². The summed E-state index contributed by atoms with van der Waals surface area (Å²) >= 11 is 0. The van der Waals surface area contributed by atoms with Gasteiger partial charge in [0.2, 0.25) is 0 Å². The van der Waals surface area contributed by atoms with Crippen molar-refractivity contribution in [2.24, 2.45) is 4.88 Å². The first-order valence-electron chi connectivity index (χ1n) is 1.50. The highest BCUT2D eigenvalue weighted by atomic mass is 31.2. The highest BCUT2D eigenvalue weighted by Gasteiger charge is 1.93. The summed E-state index contributed by atoms with van der Waals surface area (Å²) in [5.41, 5.74) is 7.78. The number of hydrogen-bond donors (Lipinski definition) is 1. The molecule has 0 saturated heterocycles. The zero-order valence-electron chi connectivity index (χ0n) is 3.24. The van der Waals surface area contributed by atoms with Gasteiger partial charge in [-0.3, -0.25) is 0 Å². The van der Waals surface area contributed by atoms with Crippen LogP contribution in [-0.4, -0.2) is 9.02 Å². The summed E-state index contributed by atoms with van der Waals surface area (Å²) in [4.78, 5) is 5.86. The van der Waals surface area contributed by atoms with Crippen LogP contribution in [0.5, 0.6) is 0 Å². The highest BCUT2D eigenvalue weighted by Crippen LogP contribution is 2.25. The number of azide groups is 1. The Balaban J connectivity index is 2.73. The maximum absolute atomic E-state index is 7.78. The summed E-state index contributed by atoms with van der Waals surface area (Å²) in [6.45, 7) is 0. The number of aromatic amines is 1. The Morgan fingerprint density at radius 3 is 2.86 bits per heavy atom. The first-order valence-corrected chi connectivity index (χ1v) is 3.69. The Bertz CT molecular complexity index is 167. The molecule has 0 spiro atoms. The van der Waals surface area contributed by atoms with E-state index in [1.54, 1.807) is 0 Å². The number of hydrogen-bond acceptors (Lipinski definition) is 2. The predicted molar refractivity (Wildman–Crippen MR) is 29.7 cm³/mol. The van der Waals surface area contributed by atoms with Gasteiger partial charge in [-0.1, -0.05) is 4.51 Å². The Morgan fingerprint density at radius 1 is 2.00 bits per heavy atom. The summed E-state index contributed by atoms with van der Waals surface area (Å²) in [5.74, 6) is 0. The van der Waals surface area contributed by atoms with Crippen molar-refractivity contribution in [3.63, 3.8) is 0 Å². The number of H-pyrrole nitrogens is 1. The molecule has 1 aromatic rings. The van der Waals surface area contributed by atoms with Crippen LogP contribution in [0.25, 0.3) is 10.4 Å². The van der Waals surface area contributed by atoms with Crippen molar-refractivity contribution in [1.82, 2.24) is 9.02 Å². The van der Waals surface area contributed by atoms with Crippen LogP contribution in [-0.2, 0) is 0 Å². The molecule has 36 valence electrons. The molecule has 0 aromatic carbocycles. The van der Waals surface area contributed by atoms with Crippen LogP contribution in [0.4, 0.5) is 0 Å². The molecule has 0 aliphatic rings. The standard InChI is InChI=1S/H2N5P2/c1-2-3-7-4-6-5-7/h6H,(H,4,5)/q+1. The molecule has 0 radical (unpaired) electrons. The van der Waals surface area contributed by atoms with Gasteiger partial charge in [0.05, 0.1) is 4.88 Å². The minimum absolute atomic E-state index is 0.450. The monoisotopic (exact) mass is 134 g/mol. The Morgan fingerprint density at radius 2 is 2.71 bits per heavy atom. The molecule has 0 fully saturated rings. The lowest BCUT2D eigenvalue weighted by Gasteiger charge is -1.78. The zero-order chi connectivity index (χ0) is 5.11. The third kappa shape index (κ3) is 0.937. The maximum Gasteiger partial charge on any atom is 0.274 e. The molecule has 1 aromatic heterocycles. The zero-order valence-corrected chi connectivity index (χ0v) is 5.13. The molecule has 7 heavy (non-hydrogen) atoms. The molecular formula is H2N5P2+. The Hall–Kier alpha value is -0.490. The number of nitrogens with zero attached hydrogens (tertiary/aromatic N) is 4. The van der Waals surface area contributed by atoms with Gasteiger partial charge in [-0.25, -0.2) is 0 Å². The van der Waals surface area contributed by atoms with Crippen molar-refractivity contribution in [1.29, 1.82) is 0 Å². The van der Waals surface area contributed by atoms with Gasteiger partial charge in [-0.2, -0.15) is 4.51 Å². The van der Waals surface area contributed by atoms with E-state index in [-0.39, 0.29) is 0 Å². The lowest BCUT2D eigenvalue weighted by Crippen LogP contribution is -1.61. The van der Waals surface area contributed by atoms with Crippen molar-refractivity contribution in [2.45, 2.75) is 0 Å². The van der Waals surface area contributed by atoms with Gasteiger partial charge in [-0.05, 0) is 5.53 Å². The van der Waals surface area contributed by atoms with Crippen LogP contribution in [0.1, 0.15) is 0 Å². The van der Waals surface area contributed by atoms with Gasteiger partial charge in [0, 0.05) is 4.91 Å². The minimum atomic E-state index is -0.802. The minimum Gasteiger partial charge on any atom is -0.199 e. The molecule has 1 rings (SSSR count). The van der Waals surface area contributed by atoms with Crippen molar-refractivity contribution < 1.29 is 0 Å². The van der Waals surface area contributed by atoms with E-state index in [2.05, 4.69) is 18.8 Å². The summed E-state index contributed by atoms with van der Waals surface area (Å²) < 4.78 is 6.67. The van der Waals surface area contributed by atoms with E-state index in [0.717, 1.165) is 0 Å². The predicted octanol–water partition coefficient (Wildman–Crippen LogP) is 1.78. The first-order chi connectivity index (χ1) is 3.43. The van der Waals surface area contributed by atoms with Gasteiger partial charge in [0.15, 0.2) is 8.51 Å². The summed E-state index contributed by atoms with van der Waals surface area (Å²) in [6, 6.07) is 0. The maximum atomic E-state index is 7.78. The SMILES string of the molecule is [N-]=[N+]=N[p+]1n[pH][nH]1. The molecule has 0 bridgehead atoms. The number of rotatable bonds is 1. The fraction of sp³-hybridized carbons (Fsp3) is 0. The number of nitrogens with one attached hydrogen (secondary N) is 1. The largest absolute Gasteiger partial charge is 0.274 e. The summed E-state index contributed by atoms with van der Waals surface area (Å²) in [6.07, 6.45) is 0. The number of aromatic nitrogens is 2. The molecule has 0 aliphatic heterocycles. The van der Waals surface area contributed by atoms with Gasteiger partial charge >= 0.3 is 0 Å². The van der Waals surface area contributed by atoms with E-state index < -0.39 is 8.00 Å². The van der Waals surface area contributed by atoms with Crippen LogP contribution in [0.15, 0.2) is 4.88 Å². The van der Waals surface area contributed by atoms with E-state index in [1.807, 2.05) is 0 Å². The fourth-order valence-corrected chi connectivity index (χ4v) is 1.35. The Labute approximate surface area is 41.9 Å². The first kappa shape index (κ1) is 4.66. The van der Waals surface area contributed by atoms with Crippen LogP contribution in [0, 0.1) is 0 Å². The smallest absolute Gasteiger partial charge is 0.199 e. The van der Waals surface area contributed by atoms with Crippen molar-refractivity contribution in [2.75, 3.05) is 0 Å². The molecule has 1 heterocycles. The van der Waals surface area contributed by atoms with E-state index in [9.17, 15) is 0 Å². The quantitative estimate of drug-likeness (QED) is 0.354. The molecule has 7 heteroatoms. The third-order valence-corrected chi connectivity index (χ3v) is 3.03. The van der Waals surface area contributed by atoms with E-state index in [0.29, 0.717) is 8.51 Å². The molecule has 2 unspecified atom stereocenters. The topological polar surface area (TPSA) is 77.4 Å². The lowest BCUT2D eigenvalue weighted by molar-refractivity contribution is 1.57. The van der Waals surface area contributed by atoms with Gasteiger partial charge in [-0.15, -0.1) is 0 Å². The normalized spacial score (nSPS) is 11.7. The van der Waals surface area contributed by atoms with Gasteiger partial charge in [0.1, 0.15) is 0 Å². The Kier molecular flexibility index (Phi) is 1.32. The summed E-state index contributed by atoms with van der Waals surface area (Å²) in [5, 5.41) is 0. The van der Waals surface area contributed by atoms with E-state index in [4.69, 9.17) is 5.53 Å². The molecule has 2 atom stereocenters. The molecule has 1 N–H and O–H groups in total. The van der Waals surface area contributed by atoms with Crippen LogP contribution in [0.3, 0.4) is 0 Å². The molecule has 5 nitrogen and oxygen atoms in total.